The van der Waals surface area contributed by atoms with Crippen LogP contribution in [0.25, 0.3) is 22.8 Å². The van der Waals surface area contributed by atoms with Crippen LogP contribution < -0.4 is 64.9 Å². The molecule has 0 unspecified atom stereocenters. The summed E-state index contributed by atoms with van der Waals surface area (Å²) in [6.07, 6.45) is 7.97. The molecule has 4 aromatic rings. The second-order valence-corrected chi connectivity index (χ2v) is 17.6. The molecule has 2 aliphatic rings. The maximum Gasteiger partial charge on any atom is -1.00 e. The van der Waals surface area contributed by atoms with Crippen LogP contribution in [0, 0.1) is 0 Å². The predicted octanol–water partition coefficient (Wildman–Crippen LogP) is -3.89. The number of aromatic nitrogens is 4. The van der Waals surface area contributed by atoms with E-state index in [1.807, 2.05) is 73.3 Å². The molecular formula is C20H16Cl2I2N4Si. The summed E-state index contributed by atoms with van der Waals surface area (Å²) in [5.41, 5.74) is 3.94. The number of halogens is 4. The molecule has 6 rings (SSSR count). The molecule has 0 bridgehead atoms. The van der Waals surface area contributed by atoms with Gasteiger partial charge in [0.15, 0.2) is 0 Å². The van der Waals surface area contributed by atoms with Crippen LogP contribution in [0.5, 0.6) is 0 Å². The number of rotatable bonds is 0. The Bertz CT molecular complexity index is 1130. The molecular weight excluding hydrogens is 649 g/mol. The summed E-state index contributed by atoms with van der Waals surface area (Å²) in [7, 11) is 0. The van der Waals surface area contributed by atoms with E-state index < -0.39 is 5.89 Å². The number of hydrogen-bond acceptors (Lipinski definition) is 0. The number of nitrogens with zero attached hydrogens (tertiary/aromatic N) is 4. The molecule has 4 nitrogen and oxygen atoms in total. The molecule has 0 fully saturated rings. The fourth-order valence-electron chi connectivity index (χ4n) is 4.94. The molecule has 29 heavy (non-hydrogen) atoms. The zero-order valence-electron chi connectivity index (χ0n) is 15.0. The average molecular weight is 665 g/mol. The van der Waals surface area contributed by atoms with Crippen LogP contribution in [-0.2, 0) is 0 Å². The van der Waals surface area contributed by atoms with Gasteiger partial charge >= 0.3 is 165 Å². The van der Waals surface area contributed by atoms with E-state index in [-0.39, 0.29) is 48.0 Å². The largest absolute Gasteiger partial charge is 1.00 e. The van der Waals surface area contributed by atoms with Crippen molar-refractivity contribution < 1.29 is 64.9 Å². The van der Waals surface area contributed by atoms with E-state index in [1.165, 1.54) is 0 Å². The summed E-state index contributed by atoms with van der Waals surface area (Å²) in [4.78, 5) is 0. The Balaban J connectivity index is 0.00000102. The molecule has 0 amide bonds. The molecule has 4 aromatic heterocycles. The Labute approximate surface area is 211 Å². The molecule has 0 radical (unpaired) electrons. The Morgan fingerprint density at radius 3 is 0.931 bits per heavy atom. The first-order chi connectivity index (χ1) is 13.0. The quantitative estimate of drug-likeness (QED) is 0.104. The van der Waals surface area contributed by atoms with E-state index in [4.69, 9.17) is 22.2 Å². The first-order valence-electron chi connectivity index (χ1n) is 8.85. The summed E-state index contributed by atoms with van der Waals surface area (Å²) >= 11 is 16.0. The third-order valence-electron chi connectivity index (χ3n) is 5.99. The molecule has 0 aliphatic carbocycles. The van der Waals surface area contributed by atoms with Crippen LogP contribution in [0.2, 0.25) is 0 Å². The molecule has 1 spiro atoms. The van der Waals surface area contributed by atoms with Crippen LogP contribution in [0.4, 0.5) is 0 Å². The third kappa shape index (κ3) is 2.01. The summed E-state index contributed by atoms with van der Waals surface area (Å²) in [5, 5.41) is 0. The van der Waals surface area contributed by atoms with E-state index >= 15 is 0 Å². The van der Waals surface area contributed by atoms with Crippen molar-refractivity contribution in [3.05, 3.63) is 97.6 Å². The second-order valence-electron chi connectivity index (χ2n) is 7.17. The first kappa shape index (κ1) is 21.1. The van der Waals surface area contributed by atoms with E-state index in [0.717, 1.165) is 22.8 Å². The van der Waals surface area contributed by atoms with Crippen molar-refractivity contribution in [3.8, 4) is 22.8 Å². The van der Waals surface area contributed by atoms with Crippen molar-refractivity contribution in [2.45, 2.75) is 0 Å². The summed E-state index contributed by atoms with van der Waals surface area (Å²) in [6.45, 7) is 0. The molecule has 2 aliphatic heterocycles. The summed E-state index contributed by atoms with van der Waals surface area (Å²) in [6, 6.07) is 24.2. The first-order valence-corrected chi connectivity index (χ1v) is 13.7. The van der Waals surface area contributed by atoms with Crippen LogP contribution in [0.3, 0.4) is 0 Å². The van der Waals surface area contributed by atoms with Crippen LogP contribution >= 0.6 is 22.2 Å². The van der Waals surface area contributed by atoms with Crippen molar-refractivity contribution >= 4 is 28.1 Å². The predicted molar refractivity (Wildman–Crippen MR) is 104 cm³/mol. The van der Waals surface area contributed by atoms with E-state index in [0.29, 0.717) is 0 Å². The molecule has 0 aromatic carbocycles. The van der Waals surface area contributed by atoms with Gasteiger partial charge in [0.25, 0.3) is 0 Å². The van der Waals surface area contributed by atoms with Gasteiger partial charge < -0.3 is 48.0 Å². The van der Waals surface area contributed by atoms with Crippen molar-refractivity contribution in [1.82, 2.24) is 0 Å². The zero-order chi connectivity index (χ0) is 18.3. The second kappa shape index (κ2) is 6.19. The van der Waals surface area contributed by atoms with Crippen molar-refractivity contribution in [1.29, 1.82) is 0 Å². The topological polar surface area (TPSA) is 15.5 Å². The summed E-state index contributed by atoms with van der Waals surface area (Å²) in [5.74, 6) is -5.13. The fraction of sp³-hybridized carbons (Fsp3) is 0. The Morgan fingerprint density at radius 1 is 0.448 bits per heavy atom. The third-order valence-corrected chi connectivity index (χ3v) is 16.0. The smallest absolute Gasteiger partial charge is 1.00 e. The van der Waals surface area contributed by atoms with Crippen LogP contribution in [0.1, 0.15) is 0 Å². The van der Waals surface area contributed by atoms with Gasteiger partial charge in [-0.15, -0.1) is 0 Å². The minimum Gasteiger partial charge on any atom is -1.00 e. The molecule has 0 N–H and O–H groups in total. The molecule has 148 valence electrons. The Morgan fingerprint density at radius 2 is 0.690 bits per heavy atom. The molecule has 9 heteroatoms. The van der Waals surface area contributed by atoms with Crippen molar-refractivity contribution in [2.75, 3.05) is 0 Å². The maximum absolute atomic E-state index is 8.01. The normalized spacial score (nSPS) is 19.5. The van der Waals surface area contributed by atoms with Crippen molar-refractivity contribution in [3.63, 3.8) is 0 Å². The minimum atomic E-state index is -5.13. The van der Waals surface area contributed by atoms with Crippen LogP contribution in [0.15, 0.2) is 97.6 Å². The maximum atomic E-state index is 8.01. The van der Waals surface area contributed by atoms with Crippen molar-refractivity contribution in [2.24, 2.45) is 0 Å². The van der Waals surface area contributed by atoms with Gasteiger partial charge in [-0.25, -0.2) is 0 Å². The van der Waals surface area contributed by atoms with Gasteiger partial charge in [0.05, 0.1) is 0 Å². The van der Waals surface area contributed by atoms with Crippen LogP contribution in [-0.4, -0.2) is 5.89 Å². The van der Waals surface area contributed by atoms with Gasteiger partial charge in [-0.1, -0.05) is 0 Å². The Hall–Kier alpha value is -1.14. The summed E-state index contributed by atoms with van der Waals surface area (Å²) < 4.78 is 8.31. The minimum absolute atomic E-state index is 0. The van der Waals surface area contributed by atoms with E-state index in [1.54, 1.807) is 0 Å². The Kier molecular flexibility index (Phi) is 4.50. The average Bonchev–Trinajstić information content (AvgIpc) is 3.06. The monoisotopic (exact) mass is 664 g/mol. The number of hydrogen-bond donors (Lipinski definition) is 0. The van der Waals surface area contributed by atoms with Gasteiger partial charge in [-0.3, -0.25) is 0 Å². The number of pyridine rings is 4. The SMILES string of the molecule is Cl[Si-2]12(Cl)([n+]3ccccc3-c3cccc[n+]31)[n+]1ccccc1-c1cccc[n+]12.[I-].[I-]. The van der Waals surface area contributed by atoms with Gasteiger partial charge in [-0.05, 0) is 0 Å². The van der Waals surface area contributed by atoms with Gasteiger partial charge in [0.2, 0.25) is 0 Å². The van der Waals surface area contributed by atoms with E-state index in [2.05, 4.69) is 41.2 Å². The number of fused-ring (bicyclic) bond motifs is 10. The van der Waals surface area contributed by atoms with Gasteiger partial charge in [0.1, 0.15) is 0 Å². The van der Waals surface area contributed by atoms with Gasteiger partial charge in [-0.2, -0.15) is 0 Å². The molecule has 0 atom stereocenters. The molecule has 0 saturated carbocycles. The van der Waals surface area contributed by atoms with Gasteiger partial charge in [0, 0.05) is 0 Å². The zero-order valence-corrected chi connectivity index (χ0v) is 21.9. The molecule has 6 heterocycles. The standard InChI is InChI=1S/C20H16Cl2N4Si.2HI/c21-27(22,23-13-5-1-9-17(23)18-10-2-6-14-24(18)27)25-15-7-3-11-19(25)20-12-4-8-16-26(20)27;;/h1-16H;2*1H/q+2;;/p-2. The van der Waals surface area contributed by atoms with E-state index in [9.17, 15) is 0 Å². The molecule has 0 saturated heterocycles. The fourth-order valence-corrected chi connectivity index (χ4v) is 14.2.